The highest BCUT2D eigenvalue weighted by atomic mass is 15.3. The van der Waals surface area contributed by atoms with Gasteiger partial charge in [0.2, 0.25) is 0 Å². The summed E-state index contributed by atoms with van der Waals surface area (Å²) >= 11 is 0. The fraction of sp³-hybridized carbons (Fsp3) is 0.583. The lowest BCUT2D eigenvalue weighted by atomic mass is 10.0. The van der Waals surface area contributed by atoms with Crippen LogP contribution in [0.4, 0.5) is 11.6 Å². The summed E-state index contributed by atoms with van der Waals surface area (Å²) in [4.78, 5) is 6.52. The number of anilines is 2. The molecule has 0 aromatic carbocycles. The van der Waals surface area contributed by atoms with E-state index in [1.165, 1.54) is 0 Å². The summed E-state index contributed by atoms with van der Waals surface area (Å²) in [6.07, 6.45) is 0. The first-order valence-corrected chi connectivity index (χ1v) is 5.88. The average Bonchev–Trinajstić information content (AvgIpc) is 2.27. The van der Waals surface area contributed by atoms with E-state index in [-0.39, 0.29) is 0 Å². The highest BCUT2D eigenvalue weighted by Crippen LogP contribution is 2.13. The second-order valence-corrected chi connectivity index (χ2v) is 4.81. The van der Waals surface area contributed by atoms with Crippen molar-refractivity contribution >= 4 is 11.6 Å². The van der Waals surface area contributed by atoms with Gasteiger partial charge in [-0.1, -0.05) is 19.9 Å². The molecule has 1 rings (SSSR count). The van der Waals surface area contributed by atoms with Gasteiger partial charge in [-0.3, -0.25) is 0 Å². The Morgan fingerprint density at radius 2 is 1.94 bits per heavy atom. The Bertz CT molecular complexity index is 337. The van der Waals surface area contributed by atoms with E-state index in [9.17, 15) is 0 Å². The Labute approximate surface area is 103 Å². The number of nitrogen functional groups attached to an aromatic ring is 1. The molecule has 0 bridgehead atoms. The minimum atomic E-state index is 0.366. The van der Waals surface area contributed by atoms with Crippen LogP contribution in [0.2, 0.25) is 0 Å². The second-order valence-electron chi connectivity index (χ2n) is 4.81. The van der Waals surface area contributed by atoms with Gasteiger partial charge >= 0.3 is 0 Å². The molecule has 1 atom stereocenters. The van der Waals surface area contributed by atoms with E-state index in [4.69, 9.17) is 5.84 Å². The molecule has 1 unspecified atom stereocenters. The maximum absolute atomic E-state index is 5.34. The number of hydrazine groups is 1. The number of hydrogen-bond donors (Lipinski definition) is 3. The quantitative estimate of drug-likeness (QED) is 0.515. The van der Waals surface area contributed by atoms with Crippen molar-refractivity contribution in [1.82, 2.24) is 9.88 Å². The molecule has 0 radical (unpaired) electrons. The predicted octanol–water partition coefficient (Wildman–Crippen LogP) is 1.37. The van der Waals surface area contributed by atoms with Crippen molar-refractivity contribution in [3.05, 3.63) is 18.2 Å². The van der Waals surface area contributed by atoms with Crippen LogP contribution < -0.4 is 16.6 Å². The van der Waals surface area contributed by atoms with Crippen molar-refractivity contribution < 1.29 is 0 Å². The van der Waals surface area contributed by atoms with E-state index in [0.717, 1.165) is 12.4 Å². The third kappa shape index (κ3) is 4.58. The van der Waals surface area contributed by atoms with Gasteiger partial charge in [-0.25, -0.2) is 10.8 Å². The van der Waals surface area contributed by atoms with Crippen LogP contribution in [-0.2, 0) is 0 Å². The summed E-state index contributed by atoms with van der Waals surface area (Å²) in [5.74, 6) is 7.39. The standard InChI is InChI=1S/C12H23N5/c1-9(2)10(8-17(3)4)14-11-6-5-7-12(15-11)16-13/h5-7,9-10H,8,13H2,1-4H3,(H2,14,15,16). The number of nitrogens with one attached hydrogen (secondary N) is 2. The van der Waals surface area contributed by atoms with Crippen LogP contribution in [0.3, 0.4) is 0 Å². The molecule has 1 heterocycles. The first kappa shape index (κ1) is 13.7. The molecule has 17 heavy (non-hydrogen) atoms. The summed E-state index contributed by atoms with van der Waals surface area (Å²) in [6, 6.07) is 6.08. The predicted molar refractivity (Wildman–Crippen MR) is 72.8 cm³/mol. The van der Waals surface area contributed by atoms with Crippen LogP contribution in [0.5, 0.6) is 0 Å². The highest BCUT2D eigenvalue weighted by molar-refractivity contribution is 5.45. The van der Waals surface area contributed by atoms with Crippen LogP contribution in [0.15, 0.2) is 18.2 Å². The third-order valence-electron chi connectivity index (χ3n) is 2.60. The molecule has 5 heteroatoms. The van der Waals surface area contributed by atoms with E-state index >= 15 is 0 Å². The minimum Gasteiger partial charge on any atom is -0.366 e. The van der Waals surface area contributed by atoms with Gasteiger partial charge in [0, 0.05) is 12.6 Å². The van der Waals surface area contributed by atoms with Crippen molar-refractivity contribution in [2.75, 3.05) is 31.4 Å². The zero-order chi connectivity index (χ0) is 12.8. The van der Waals surface area contributed by atoms with Crippen LogP contribution in [0.1, 0.15) is 13.8 Å². The van der Waals surface area contributed by atoms with Gasteiger partial charge in [-0.15, -0.1) is 0 Å². The van der Waals surface area contributed by atoms with Gasteiger partial charge in [-0.05, 0) is 32.1 Å². The maximum Gasteiger partial charge on any atom is 0.142 e. The summed E-state index contributed by atoms with van der Waals surface area (Å²) in [7, 11) is 4.14. The molecule has 0 aliphatic rings. The Kier molecular flexibility index (Phi) is 5.18. The molecule has 0 amide bonds. The lowest BCUT2D eigenvalue weighted by molar-refractivity contribution is 0.344. The molecular formula is C12H23N5. The molecule has 0 aliphatic carbocycles. The zero-order valence-electron chi connectivity index (χ0n) is 11.1. The van der Waals surface area contributed by atoms with Crippen molar-refractivity contribution in [3.8, 4) is 0 Å². The monoisotopic (exact) mass is 237 g/mol. The average molecular weight is 237 g/mol. The number of rotatable bonds is 6. The Hall–Kier alpha value is -1.33. The number of aromatic nitrogens is 1. The molecule has 1 aromatic heterocycles. The van der Waals surface area contributed by atoms with Crippen molar-refractivity contribution in [1.29, 1.82) is 0 Å². The molecule has 0 spiro atoms. The molecule has 5 nitrogen and oxygen atoms in total. The summed E-state index contributed by atoms with van der Waals surface area (Å²) in [5, 5.41) is 3.44. The number of nitrogens with two attached hydrogens (primary N) is 1. The van der Waals surface area contributed by atoms with Crippen molar-refractivity contribution in [2.45, 2.75) is 19.9 Å². The number of nitrogens with zero attached hydrogens (tertiary/aromatic N) is 2. The summed E-state index contributed by atoms with van der Waals surface area (Å²) in [5.41, 5.74) is 2.55. The van der Waals surface area contributed by atoms with Crippen LogP contribution in [0, 0.1) is 5.92 Å². The highest BCUT2D eigenvalue weighted by Gasteiger charge is 2.14. The Balaban J connectivity index is 2.71. The number of hydrogen-bond acceptors (Lipinski definition) is 5. The summed E-state index contributed by atoms with van der Waals surface area (Å²) < 4.78 is 0. The van der Waals surface area contributed by atoms with Gasteiger partial charge in [0.15, 0.2) is 0 Å². The van der Waals surface area contributed by atoms with Crippen LogP contribution in [0.25, 0.3) is 0 Å². The third-order valence-corrected chi connectivity index (χ3v) is 2.60. The first-order valence-electron chi connectivity index (χ1n) is 5.88. The first-order chi connectivity index (χ1) is 8.02. The fourth-order valence-electron chi connectivity index (χ4n) is 1.60. The smallest absolute Gasteiger partial charge is 0.142 e. The van der Waals surface area contributed by atoms with Crippen molar-refractivity contribution in [3.63, 3.8) is 0 Å². The molecule has 0 saturated carbocycles. The van der Waals surface area contributed by atoms with Crippen molar-refractivity contribution in [2.24, 2.45) is 11.8 Å². The van der Waals surface area contributed by atoms with E-state index in [1.54, 1.807) is 0 Å². The van der Waals surface area contributed by atoms with E-state index in [0.29, 0.717) is 17.8 Å². The molecule has 0 fully saturated rings. The molecular weight excluding hydrogens is 214 g/mol. The van der Waals surface area contributed by atoms with E-state index < -0.39 is 0 Å². The zero-order valence-corrected chi connectivity index (χ0v) is 11.1. The lowest BCUT2D eigenvalue weighted by Gasteiger charge is -2.26. The van der Waals surface area contributed by atoms with Crippen LogP contribution >= 0.6 is 0 Å². The van der Waals surface area contributed by atoms with E-state index in [1.807, 2.05) is 18.2 Å². The van der Waals surface area contributed by atoms with Gasteiger partial charge in [-0.2, -0.15) is 0 Å². The molecule has 4 N–H and O–H groups in total. The molecule has 0 aliphatic heterocycles. The maximum atomic E-state index is 5.34. The number of likely N-dealkylation sites (N-methyl/N-ethyl adjacent to an activating group) is 1. The molecule has 0 saturated heterocycles. The fourth-order valence-corrected chi connectivity index (χ4v) is 1.60. The topological polar surface area (TPSA) is 66.2 Å². The normalized spacial score (nSPS) is 12.9. The largest absolute Gasteiger partial charge is 0.366 e. The Morgan fingerprint density at radius 3 is 2.47 bits per heavy atom. The second kappa shape index (κ2) is 6.42. The SMILES string of the molecule is CC(C)C(CN(C)C)Nc1cccc(NN)n1. The van der Waals surface area contributed by atoms with Gasteiger partial charge in [0.25, 0.3) is 0 Å². The minimum absolute atomic E-state index is 0.366. The molecule has 1 aromatic rings. The summed E-state index contributed by atoms with van der Waals surface area (Å²) in [6.45, 7) is 5.37. The van der Waals surface area contributed by atoms with Gasteiger partial charge < -0.3 is 15.6 Å². The lowest BCUT2D eigenvalue weighted by Crippen LogP contribution is -2.36. The molecule has 96 valence electrons. The van der Waals surface area contributed by atoms with E-state index in [2.05, 4.69) is 48.6 Å². The Morgan fingerprint density at radius 1 is 1.29 bits per heavy atom. The van der Waals surface area contributed by atoms with Gasteiger partial charge in [0.1, 0.15) is 11.6 Å². The van der Waals surface area contributed by atoms with Crippen LogP contribution in [-0.4, -0.2) is 36.6 Å². The van der Waals surface area contributed by atoms with Gasteiger partial charge in [0.05, 0.1) is 0 Å². The number of pyridine rings is 1.